The van der Waals surface area contributed by atoms with Crippen LogP contribution in [0, 0.1) is 0 Å². The molecule has 0 aliphatic carbocycles. The number of carbonyl (C=O) groups is 3. The number of piperidine rings is 1. The minimum Gasteiger partial charge on any atom is -0.322 e. The topological polar surface area (TPSA) is 94.6 Å². The molecular formula is C20H25N5O3S. The number of hydrazine groups is 1. The fourth-order valence-corrected chi connectivity index (χ4v) is 4.93. The van der Waals surface area contributed by atoms with Crippen molar-refractivity contribution < 1.29 is 14.4 Å². The van der Waals surface area contributed by atoms with E-state index in [1.807, 2.05) is 25.1 Å². The van der Waals surface area contributed by atoms with Crippen LogP contribution in [0.2, 0.25) is 0 Å². The number of hydrogen-bond donors (Lipinski definition) is 2. The van der Waals surface area contributed by atoms with Gasteiger partial charge < -0.3 is 5.32 Å². The molecule has 9 heteroatoms. The summed E-state index contributed by atoms with van der Waals surface area (Å²) < 4.78 is 1.21. The van der Waals surface area contributed by atoms with Crippen molar-refractivity contribution in [2.75, 3.05) is 19.6 Å². The Balaban J connectivity index is 1.30. The van der Waals surface area contributed by atoms with Crippen molar-refractivity contribution in [1.82, 2.24) is 25.6 Å². The smallest absolute Gasteiger partial charge is 0.322 e. The molecule has 2 saturated heterocycles. The molecule has 2 N–H and O–H groups in total. The molecule has 3 heterocycles. The fourth-order valence-electron chi connectivity index (χ4n) is 3.79. The Hall–Kier alpha value is -2.52. The molecule has 0 bridgehead atoms. The largest absolute Gasteiger partial charge is 0.344 e. The summed E-state index contributed by atoms with van der Waals surface area (Å²) in [5.74, 6) is -0.372. The van der Waals surface area contributed by atoms with Crippen LogP contribution in [-0.4, -0.2) is 57.9 Å². The predicted octanol–water partition coefficient (Wildman–Crippen LogP) is 2.23. The van der Waals surface area contributed by atoms with E-state index >= 15 is 0 Å². The highest BCUT2D eigenvalue weighted by Gasteiger charge is 2.47. The van der Waals surface area contributed by atoms with E-state index in [-0.39, 0.29) is 12.5 Å². The number of aromatic nitrogens is 1. The standard InChI is InChI=1S/C20H25N5O3S/c1-3-20(2)18(27)25(19(28)22-20)23-16(26)12-24-10-8-13(9-11-24)17-21-14-6-4-5-7-15(14)29-17/h4-7,13H,3,8-12H2,1-2H3,(H,22,28)(H,23,26)/t20-/m1/s1. The van der Waals surface area contributed by atoms with Gasteiger partial charge in [0.2, 0.25) is 0 Å². The second kappa shape index (κ2) is 7.72. The first-order valence-electron chi connectivity index (χ1n) is 9.93. The third kappa shape index (κ3) is 3.84. The normalized spacial score (nSPS) is 23.6. The number of urea groups is 1. The van der Waals surface area contributed by atoms with Crippen LogP contribution in [0.5, 0.6) is 0 Å². The number of para-hydroxylation sites is 1. The van der Waals surface area contributed by atoms with E-state index in [0.29, 0.717) is 12.3 Å². The third-order valence-electron chi connectivity index (χ3n) is 5.82. The van der Waals surface area contributed by atoms with Crippen molar-refractivity contribution >= 4 is 39.4 Å². The number of carbonyl (C=O) groups excluding carboxylic acids is 3. The van der Waals surface area contributed by atoms with Crippen molar-refractivity contribution in [1.29, 1.82) is 0 Å². The Morgan fingerprint density at radius 2 is 2.03 bits per heavy atom. The minimum atomic E-state index is -0.958. The number of rotatable bonds is 5. The third-order valence-corrected chi connectivity index (χ3v) is 7.02. The zero-order valence-electron chi connectivity index (χ0n) is 16.6. The lowest BCUT2D eigenvalue weighted by Crippen LogP contribution is -2.51. The molecule has 8 nitrogen and oxygen atoms in total. The predicted molar refractivity (Wildman–Crippen MR) is 110 cm³/mol. The Morgan fingerprint density at radius 3 is 2.69 bits per heavy atom. The second-order valence-electron chi connectivity index (χ2n) is 7.86. The van der Waals surface area contributed by atoms with E-state index in [0.717, 1.165) is 41.5 Å². The summed E-state index contributed by atoms with van der Waals surface area (Å²) in [6, 6.07) is 7.58. The zero-order chi connectivity index (χ0) is 20.6. The minimum absolute atomic E-state index is 0.159. The van der Waals surface area contributed by atoms with Crippen molar-refractivity contribution in [2.45, 2.75) is 44.6 Å². The van der Waals surface area contributed by atoms with Gasteiger partial charge in [0.15, 0.2) is 0 Å². The number of imide groups is 1. The van der Waals surface area contributed by atoms with Gasteiger partial charge in [0.25, 0.3) is 11.8 Å². The summed E-state index contributed by atoms with van der Waals surface area (Å²) in [5, 5.41) is 4.59. The van der Waals surface area contributed by atoms with E-state index in [1.54, 1.807) is 18.3 Å². The van der Waals surface area contributed by atoms with Crippen LogP contribution in [-0.2, 0) is 9.59 Å². The molecule has 1 aromatic heterocycles. The van der Waals surface area contributed by atoms with Gasteiger partial charge in [-0.05, 0) is 51.4 Å². The van der Waals surface area contributed by atoms with Crippen molar-refractivity contribution in [3.63, 3.8) is 0 Å². The molecule has 0 radical (unpaired) electrons. The Kier molecular flexibility index (Phi) is 5.26. The number of likely N-dealkylation sites (tertiary alicyclic amines) is 1. The molecule has 2 aliphatic heterocycles. The molecule has 0 unspecified atom stereocenters. The maximum atomic E-state index is 12.4. The summed E-state index contributed by atoms with van der Waals surface area (Å²) in [6.45, 7) is 5.19. The van der Waals surface area contributed by atoms with Gasteiger partial charge in [-0.2, -0.15) is 5.01 Å². The van der Waals surface area contributed by atoms with Crippen LogP contribution in [0.1, 0.15) is 44.0 Å². The maximum Gasteiger partial charge on any atom is 0.344 e. The maximum absolute atomic E-state index is 12.4. The highest BCUT2D eigenvalue weighted by molar-refractivity contribution is 7.18. The molecule has 2 aromatic rings. The molecule has 2 fully saturated rings. The van der Waals surface area contributed by atoms with Gasteiger partial charge >= 0.3 is 6.03 Å². The lowest BCUT2D eigenvalue weighted by molar-refractivity contribution is -0.139. The van der Waals surface area contributed by atoms with Gasteiger partial charge in [-0.3, -0.25) is 19.9 Å². The summed E-state index contributed by atoms with van der Waals surface area (Å²) in [7, 11) is 0. The van der Waals surface area contributed by atoms with Gasteiger partial charge in [0, 0.05) is 5.92 Å². The number of hydrogen-bond acceptors (Lipinski definition) is 6. The van der Waals surface area contributed by atoms with E-state index < -0.39 is 17.5 Å². The van der Waals surface area contributed by atoms with E-state index in [2.05, 4.69) is 21.7 Å². The molecule has 29 heavy (non-hydrogen) atoms. The highest BCUT2D eigenvalue weighted by Crippen LogP contribution is 2.33. The van der Waals surface area contributed by atoms with Gasteiger partial charge in [0.05, 0.1) is 21.8 Å². The van der Waals surface area contributed by atoms with Gasteiger partial charge in [-0.25, -0.2) is 9.78 Å². The van der Waals surface area contributed by atoms with E-state index in [4.69, 9.17) is 4.98 Å². The molecule has 4 amide bonds. The lowest BCUT2D eigenvalue weighted by Gasteiger charge is -2.30. The second-order valence-corrected chi connectivity index (χ2v) is 8.92. The SMILES string of the molecule is CC[C@@]1(C)NC(=O)N(NC(=O)CN2CCC(c3nc4ccccc4s3)CC2)C1=O. The number of thiazole rings is 1. The molecule has 154 valence electrons. The molecule has 2 aliphatic rings. The summed E-state index contributed by atoms with van der Waals surface area (Å²) in [4.78, 5) is 43.6. The first-order chi connectivity index (χ1) is 13.9. The molecule has 0 saturated carbocycles. The number of nitrogens with zero attached hydrogens (tertiary/aromatic N) is 3. The van der Waals surface area contributed by atoms with Gasteiger partial charge in [-0.15, -0.1) is 11.3 Å². The average Bonchev–Trinajstić information content (AvgIpc) is 3.24. The number of amides is 4. The van der Waals surface area contributed by atoms with Crippen LogP contribution in [0.15, 0.2) is 24.3 Å². The monoisotopic (exact) mass is 415 g/mol. The molecule has 1 aromatic carbocycles. The van der Waals surface area contributed by atoms with Gasteiger partial charge in [0.1, 0.15) is 5.54 Å². The van der Waals surface area contributed by atoms with Crippen LogP contribution < -0.4 is 10.7 Å². The summed E-state index contributed by atoms with van der Waals surface area (Å²) in [6.07, 6.45) is 2.33. The summed E-state index contributed by atoms with van der Waals surface area (Å²) in [5.41, 5.74) is 2.54. The van der Waals surface area contributed by atoms with Crippen molar-refractivity contribution in [3.05, 3.63) is 29.3 Å². The lowest BCUT2D eigenvalue weighted by atomic mass is 9.97. The number of nitrogens with one attached hydrogen (secondary N) is 2. The van der Waals surface area contributed by atoms with Gasteiger partial charge in [-0.1, -0.05) is 19.1 Å². The number of benzene rings is 1. The van der Waals surface area contributed by atoms with Crippen LogP contribution in [0.25, 0.3) is 10.2 Å². The first-order valence-corrected chi connectivity index (χ1v) is 10.8. The zero-order valence-corrected chi connectivity index (χ0v) is 17.4. The molecule has 0 spiro atoms. The highest BCUT2D eigenvalue weighted by atomic mass is 32.1. The average molecular weight is 416 g/mol. The van der Waals surface area contributed by atoms with Crippen LogP contribution in [0.4, 0.5) is 4.79 Å². The Morgan fingerprint density at radius 1 is 1.31 bits per heavy atom. The quantitative estimate of drug-likeness (QED) is 0.731. The van der Waals surface area contributed by atoms with E-state index in [9.17, 15) is 14.4 Å². The first kappa shape index (κ1) is 19.8. The Labute approximate surface area is 173 Å². The van der Waals surface area contributed by atoms with Crippen molar-refractivity contribution in [3.8, 4) is 0 Å². The molecular weight excluding hydrogens is 390 g/mol. The Bertz CT molecular complexity index is 919. The van der Waals surface area contributed by atoms with Crippen molar-refractivity contribution in [2.24, 2.45) is 0 Å². The fraction of sp³-hybridized carbons (Fsp3) is 0.500. The van der Waals surface area contributed by atoms with Crippen LogP contribution in [0.3, 0.4) is 0 Å². The molecule has 4 rings (SSSR count). The van der Waals surface area contributed by atoms with Crippen LogP contribution >= 0.6 is 11.3 Å². The number of fused-ring (bicyclic) bond motifs is 1. The molecule has 1 atom stereocenters. The van der Waals surface area contributed by atoms with E-state index in [1.165, 1.54) is 4.70 Å². The summed E-state index contributed by atoms with van der Waals surface area (Å²) >= 11 is 1.75.